The van der Waals surface area contributed by atoms with Gasteiger partial charge in [0.2, 0.25) is 0 Å². The van der Waals surface area contributed by atoms with Crippen molar-refractivity contribution in [2.75, 3.05) is 0 Å². The van der Waals surface area contributed by atoms with Gasteiger partial charge in [0.05, 0.1) is 0 Å². The average Bonchev–Trinajstić information content (AvgIpc) is 2.30. The van der Waals surface area contributed by atoms with Gasteiger partial charge in [-0.2, -0.15) is 0 Å². The molecule has 0 heteroatoms. The summed E-state index contributed by atoms with van der Waals surface area (Å²) in [6.07, 6.45) is 7.69. The molecule has 0 heterocycles. The van der Waals surface area contributed by atoms with Gasteiger partial charge in [-0.1, -0.05) is 67.8 Å². The predicted molar refractivity (Wildman–Crippen MR) is 68.6 cm³/mol. The molecule has 0 aliphatic rings. The van der Waals surface area contributed by atoms with E-state index in [1.54, 1.807) is 6.08 Å². The Kier molecular flexibility index (Phi) is 4.36. The van der Waals surface area contributed by atoms with Crippen LogP contribution in [0.3, 0.4) is 0 Å². The fourth-order valence-corrected chi connectivity index (χ4v) is 1.51. The van der Waals surface area contributed by atoms with E-state index in [4.69, 9.17) is 0 Å². The molecule has 0 bridgehead atoms. The van der Waals surface area contributed by atoms with Crippen molar-refractivity contribution in [3.63, 3.8) is 0 Å². The molecule has 0 unspecified atom stereocenters. The van der Waals surface area contributed by atoms with Crippen LogP contribution >= 0.6 is 0 Å². The highest BCUT2D eigenvalue weighted by molar-refractivity contribution is 5.81. The third kappa shape index (κ3) is 2.81. The van der Waals surface area contributed by atoms with Gasteiger partial charge in [-0.05, 0) is 23.6 Å². The first-order valence-corrected chi connectivity index (χ1v) is 5.00. The molecular weight excluding hydrogens is 180 g/mol. The van der Waals surface area contributed by atoms with Gasteiger partial charge >= 0.3 is 0 Å². The van der Waals surface area contributed by atoms with Crippen LogP contribution in [0.15, 0.2) is 73.4 Å². The van der Waals surface area contributed by atoms with E-state index in [0.29, 0.717) is 0 Å². The fraction of sp³-hybridized carbons (Fsp3) is 0.0667. The quantitative estimate of drug-likeness (QED) is 0.626. The Balaban J connectivity index is 3.16. The highest BCUT2D eigenvalue weighted by atomic mass is 14.1. The monoisotopic (exact) mass is 196 g/mol. The lowest BCUT2D eigenvalue weighted by Gasteiger charge is -2.07. The van der Waals surface area contributed by atoms with Gasteiger partial charge in [0.1, 0.15) is 0 Å². The molecule has 0 radical (unpaired) electrons. The second-order valence-electron chi connectivity index (χ2n) is 3.13. The van der Waals surface area contributed by atoms with Crippen LogP contribution in [0.5, 0.6) is 0 Å². The molecule has 0 aliphatic heterocycles. The minimum Gasteiger partial charge on any atom is -0.0990 e. The van der Waals surface area contributed by atoms with Gasteiger partial charge in [-0.15, -0.1) is 0 Å². The van der Waals surface area contributed by atoms with Crippen molar-refractivity contribution in [3.8, 4) is 0 Å². The molecular formula is C15H16. The zero-order valence-electron chi connectivity index (χ0n) is 9.11. The van der Waals surface area contributed by atoms with Crippen LogP contribution in [0.2, 0.25) is 0 Å². The van der Waals surface area contributed by atoms with Crippen molar-refractivity contribution in [2.24, 2.45) is 0 Å². The van der Waals surface area contributed by atoms with Crippen LogP contribution in [0.1, 0.15) is 12.5 Å². The summed E-state index contributed by atoms with van der Waals surface area (Å²) < 4.78 is 0. The van der Waals surface area contributed by atoms with E-state index in [-0.39, 0.29) is 0 Å². The Morgan fingerprint density at radius 1 is 1.13 bits per heavy atom. The average molecular weight is 196 g/mol. The van der Waals surface area contributed by atoms with Gasteiger partial charge in [-0.3, -0.25) is 0 Å². The first kappa shape index (κ1) is 11.3. The summed E-state index contributed by atoms with van der Waals surface area (Å²) in [5.41, 5.74) is 3.48. The molecule has 0 amide bonds. The first-order valence-electron chi connectivity index (χ1n) is 5.00. The molecule has 15 heavy (non-hydrogen) atoms. The van der Waals surface area contributed by atoms with E-state index in [0.717, 1.165) is 5.57 Å². The molecule has 0 N–H and O–H groups in total. The molecule has 0 saturated carbocycles. The van der Waals surface area contributed by atoms with Gasteiger partial charge in [0.25, 0.3) is 0 Å². The highest BCUT2D eigenvalue weighted by Crippen LogP contribution is 2.23. The molecule has 0 aromatic heterocycles. The molecule has 1 aromatic carbocycles. The maximum Gasteiger partial charge on any atom is -0.0154 e. The van der Waals surface area contributed by atoms with E-state index in [2.05, 4.69) is 31.4 Å². The number of benzene rings is 1. The third-order valence-electron chi connectivity index (χ3n) is 2.20. The van der Waals surface area contributed by atoms with Crippen molar-refractivity contribution in [1.29, 1.82) is 0 Å². The van der Waals surface area contributed by atoms with Crippen LogP contribution in [0, 0.1) is 0 Å². The zero-order valence-corrected chi connectivity index (χ0v) is 9.11. The van der Waals surface area contributed by atoms with E-state index >= 15 is 0 Å². The second-order valence-corrected chi connectivity index (χ2v) is 3.13. The summed E-state index contributed by atoms with van der Waals surface area (Å²) in [5.74, 6) is 0. The molecule has 0 fully saturated rings. The highest BCUT2D eigenvalue weighted by Gasteiger charge is 2.01. The largest absolute Gasteiger partial charge is 0.0990 e. The number of rotatable bonds is 4. The van der Waals surface area contributed by atoms with E-state index in [9.17, 15) is 0 Å². The van der Waals surface area contributed by atoms with Crippen LogP contribution in [0.4, 0.5) is 0 Å². The molecule has 0 atom stereocenters. The standard InChI is InChI=1S/C15H16/c1-4-10-13(5-2)15(6-3)14-11-8-7-9-12-14/h4-12H,1-2H2,3H3/b13-10+,15-6-. The van der Waals surface area contributed by atoms with E-state index in [1.165, 1.54) is 11.1 Å². The lowest BCUT2D eigenvalue weighted by Crippen LogP contribution is -1.86. The summed E-state index contributed by atoms with van der Waals surface area (Å²) in [6, 6.07) is 10.3. The Hall–Kier alpha value is -1.82. The minimum atomic E-state index is 1.10. The number of hydrogen-bond acceptors (Lipinski definition) is 0. The smallest absolute Gasteiger partial charge is 0.0154 e. The summed E-state index contributed by atoms with van der Waals surface area (Å²) in [4.78, 5) is 0. The summed E-state index contributed by atoms with van der Waals surface area (Å²) in [6.45, 7) is 9.56. The molecule has 0 nitrogen and oxygen atoms in total. The minimum absolute atomic E-state index is 1.10. The van der Waals surface area contributed by atoms with Crippen LogP contribution in [0.25, 0.3) is 5.57 Å². The fourth-order valence-electron chi connectivity index (χ4n) is 1.51. The van der Waals surface area contributed by atoms with Gasteiger partial charge in [0, 0.05) is 0 Å². The molecule has 0 aliphatic carbocycles. The Bertz CT molecular complexity index is 391. The lowest BCUT2D eigenvalue weighted by atomic mass is 9.97. The third-order valence-corrected chi connectivity index (χ3v) is 2.20. The Morgan fingerprint density at radius 2 is 1.80 bits per heavy atom. The summed E-state index contributed by atoms with van der Waals surface area (Å²) >= 11 is 0. The van der Waals surface area contributed by atoms with Gasteiger partial charge < -0.3 is 0 Å². The van der Waals surface area contributed by atoms with Crippen molar-refractivity contribution < 1.29 is 0 Å². The Morgan fingerprint density at radius 3 is 2.27 bits per heavy atom. The maximum atomic E-state index is 3.82. The van der Waals surface area contributed by atoms with E-state index < -0.39 is 0 Å². The lowest BCUT2D eigenvalue weighted by molar-refractivity contribution is 1.55. The zero-order chi connectivity index (χ0) is 11.1. The molecule has 0 saturated heterocycles. The topological polar surface area (TPSA) is 0 Å². The molecule has 76 valence electrons. The van der Waals surface area contributed by atoms with Crippen LogP contribution in [-0.4, -0.2) is 0 Å². The van der Waals surface area contributed by atoms with Gasteiger partial charge in [-0.25, -0.2) is 0 Å². The summed E-state index contributed by atoms with van der Waals surface area (Å²) in [5, 5.41) is 0. The number of allylic oxidation sites excluding steroid dienone is 6. The Labute approximate surface area is 92.0 Å². The molecule has 1 rings (SSSR count). The first-order chi connectivity index (χ1) is 7.33. The second kappa shape index (κ2) is 5.82. The maximum absolute atomic E-state index is 3.82. The summed E-state index contributed by atoms with van der Waals surface area (Å²) in [7, 11) is 0. The van der Waals surface area contributed by atoms with Crippen molar-refractivity contribution >= 4 is 5.57 Å². The molecule has 1 aromatic rings. The van der Waals surface area contributed by atoms with Crippen molar-refractivity contribution in [1.82, 2.24) is 0 Å². The van der Waals surface area contributed by atoms with Gasteiger partial charge in [0.15, 0.2) is 0 Å². The van der Waals surface area contributed by atoms with Crippen LogP contribution < -0.4 is 0 Å². The van der Waals surface area contributed by atoms with Crippen LogP contribution in [-0.2, 0) is 0 Å². The predicted octanol–water partition coefficient (Wildman–Crippen LogP) is 4.39. The number of hydrogen-bond donors (Lipinski definition) is 0. The van der Waals surface area contributed by atoms with E-state index in [1.807, 2.05) is 37.3 Å². The van der Waals surface area contributed by atoms with Crippen molar-refractivity contribution in [3.05, 3.63) is 78.9 Å². The molecule has 0 spiro atoms. The SMILES string of the molecule is C=C/C=C(C=C)/C(=C/C)c1ccccc1. The normalized spacial score (nSPS) is 12.3. The van der Waals surface area contributed by atoms with Crippen molar-refractivity contribution in [2.45, 2.75) is 6.92 Å².